The lowest BCUT2D eigenvalue weighted by atomic mass is 10.0. The van der Waals surface area contributed by atoms with Crippen LogP contribution < -0.4 is 0 Å². The van der Waals surface area contributed by atoms with Crippen molar-refractivity contribution in [2.24, 2.45) is 0 Å². The van der Waals surface area contributed by atoms with E-state index in [0.29, 0.717) is 12.5 Å². The summed E-state index contributed by atoms with van der Waals surface area (Å²) in [5, 5.41) is 0.927. The molecule has 3 nitrogen and oxygen atoms in total. The molecule has 1 aliphatic rings. The fraction of sp³-hybridized carbons (Fsp3) is 0.238. The molecule has 1 saturated carbocycles. The normalized spacial score (nSPS) is 13.8. The Kier molecular flexibility index (Phi) is 4.30. The molecule has 0 aliphatic heterocycles. The zero-order valence-corrected chi connectivity index (χ0v) is 15.7. The molecule has 0 saturated heterocycles. The number of halogens is 1. The highest BCUT2D eigenvalue weighted by molar-refractivity contribution is 9.10. The van der Waals surface area contributed by atoms with E-state index < -0.39 is 0 Å². The Morgan fingerprint density at radius 3 is 2.64 bits per heavy atom. The van der Waals surface area contributed by atoms with Crippen molar-refractivity contribution in [1.29, 1.82) is 0 Å². The topological polar surface area (TPSA) is 33.2 Å². The van der Waals surface area contributed by atoms with Crippen LogP contribution in [-0.2, 0) is 6.54 Å². The Labute approximate surface area is 155 Å². The van der Waals surface area contributed by atoms with Gasteiger partial charge in [0.25, 0.3) is 5.91 Å². The van der Waals surface area contributed by atoms with Crippen molar-refractivity contribution >= 4 is 32.7 Å². The molecule has 3 aromatic rings. The number of carbonyl (C=O) groups excluding carboxylic acids is 1. The molecule has 0 atom stereocenters. The number of rotatable bonds is 4. The Balaban J connectivity index is 1.70. The SMILES string of the molecule is CN(Cc1ccccc1Br)C(=O)c1cc(C2CC2)nc2ccccc12. The van der Waals surface area contributed by atoms with Gasteiger partial charge >= 0.3 is 0 Å². The largest absolute Gasteiger partial charge is 0.337 e. The molecule has 2 aromatic carbocycles. The number of nitrogens with zero attached hydrogens (tertiary/aromatic N) is 2. The highest BCUT2D eigenvalue weighted by Gasteiger charge is 2.27. The molecule has 0 radical (unpaired) electrons. The van der Waals surface area contributed by atoms with Crippen LogP contribution in [0, 0.1) is 0 Å². The van der Waals surface area contributed by atoms with E-state index in [4.69, 9.17) is 4.98 Å². The second-order valence-electron chi connectivity index (χ2n) is 6.64. The maximum absolute atomic E-state index is 13.2. The third-order valence-corrected chi connectivity index (χ3v) is 5.45. The molecule has 4 heteroatoms. The third kappa shape index (κ3) is 3.31. The van der Waals surface area contributed by atoms with Crippen LogP contribution in [0.5, 0.6) is 0 Å². The van der Waals surface area contributed by atoms with Crippen LogP contribution in [-0.4, -0.2) is 22.8 Å². The maximum atomic E-state index is 13.2. The fourth-order valence-corrected chi connectivity index (χ4v) is 3.53. The first-order valence-electron chi connectivity index (χ1n) is 8.52. The standard InChI is InChI=1S/C21H19BrN2O/c1-24(13-15-6-2-4-8-18(15)22)21(25)17-12-20(14-10-11-14)23-19-9-5-3-7-16(17)19/h2-9,12,14H,10-11,13H2,1H3. The van der Waals surface area contributed by atoms with E-state index in [0.717, 1.165) is 32.2 Å². The van der Waals surface area contributed by atoms with E-state index >= 15 is 0 Å². The summed E-state index contributed by atoms with van der Waals surface area (Å²) in [6, 6.07) is 17.9. The molecule has 0 spiro atoms. The summed E-state index contributed by atoms with van der Waals surface area (Å²) in [5.74, 6) is 0.556. The van der Waals surface area contributed by atoms with Crippen molar-refractivity contribution in [2.45, 2.75) is 25.3 Å². The molecule has 0 N–H and O–H groups in total. The van der Waals surface area contributed by atoms with Gasteiger partial charge in [-0.05, 0) is 36.6 Å². The van der Waals surface area contributed by atoms with Gasteiger partial charge in [0.2, 0.25) is 0 Å². The fourth-order valence-electron chi connectivity index (χ4n) is 3.12. The minimum Gasteiger partial charge on any atom is -0.337 e. The number of benzene rings is 2. The molecular formula is C21H19BrN2O. The van der Waals surface area contributed by atoms with Crippen molar-refractivity contribution in [3.63, 3.8) is 0 Å². The van der Waals surface area contributed by atoms with Crippen molar-refractivity contribution < 1.29 is 4.79 Å². The molecule has 1 amide bonds. The molecule has 0 unspecified atom stereocenters. The van der Waals surface area contributed by atoms with Crippen LogP contribution in [0.1, 0.15) is 40.4 Å². The van der Waals surface area contributed by atoms with Crippen molar-refractivity contribution in [1.82, 2.24) is 9.88 Å². The second kappa shape index (κ2) is 6.60. The first-order chi connectivity index (χ1) is 12.1. The zero-order chi connectivity index (χ0) is 17.4. The molecule has 1 aliphatic carbocycles. The average Bonchev–Trinajstić information content (AvgIpc) is 3.47. The van der Waals surface area contributed by atoms with Gasteiger partial charge in [0, 0.05) is 35.1 Å². The number of hydrogen-bond acceptors (Lipinski definition) is 2. The number of aromatic nitrogens is 1. The average molecular weight is 395 g/mol. The van der Waals surface area contributed by atoms with Gasteiger partial charge in [-0.25, -0.2) is 0 Å². The Hall–Kier alpha value is -2.20. The van der Waals surface area contributed by atoms with Gasteiger partial charge in [-0.1, -0.05) is 52.3 Å². The zero-order valence-electron chi connectivity index (χ0n) is 14.1. The van der Waals surface area contributed by atoms with Crippen LogP contribution in [0.4, 0.5) is 0 Å². The number of hydrogen-bond donors (Lipinski definition) is 0. The molecule has 25 heavy (non-hydrogen) atoms. The first kappa shape index (κ1) is 16.3. The summed E-state index contributed by atoms with van der Waals surface area (Å²) in [4.78, 5) is 19.7. The van der Waals surface area contributed by atoms with Gasteiger partial charge < -0.3 is 4.90 Å². The number of para-hydroxylation sites is 1. The first-order valence-corrected chi connectivity index (χ1v) is 9.31. The minimum atomic E-state index is 0.0382. The van der Waals surface area contributed by atoms with Crippen LogP contribution in [0.3, 0.4) is 0 Å². The summed E-state index contributed by atoms with van der Waals surface area (Å²) in [7, 11) is 1.85. The summed E-state index contributed by atoms with van der Waals surface area (Å²) < 4.78 is 1.02. The quantitative estimate of drug-likeness (QED) is 0.612. The molecule has 1 fully saturated rings. The van der Waals surface area contributed by atoms with Gasteiger partial charge in [-0.3, -0.25) is 9.78 Å². The van der Waals surface area contributed by atoms with E-state index in [2.05, 4.69) is 15.9 Å². The Bertz CT molecular complexity index is 950. The highest BCUT2D eigenvalue weighted by atomic mass is 79.9. The number of amides is 1. The minimum absolute atomic E-state index is 0.0382. The van der Waals surface area contributed by atoms with Gasteiger partial charge in [-0.2, -0.15) is 0 Å². The highest BCUT2D eigenvalue weighted by Crippen LogP contribution is 2.40. The van der Waals surface area contributed by atoms with Crippen LogP contribution in [0.15, 0.2) is 59.1 Å². The van der Waals surface area contributed by atoms with Crippen molar-refractivity contribution in [3.05, 3.63) is 75.9 Å². The summed E-state index contributed by atoms with van der Waals surface area (Å²) in [5.41, 5.74) is 3.81. The van der Waals surface area contributed by atoms with Gasteiger partial charge in [0.1, 0.15) is 0 Å². The lowest BCUT2D eigenvalue weighted by Gasteiger charge is -2.19. The van der Waals surface area contributed by atoms with E-state index in [1.807, 2.05) is 61.6 Å². The monoisotopic (exact) mass is 394 g/mol. The lowest BCUT2D eigenvalue weighted by molar-refractivity contribution is 0.0786. The van der Waals surface area contributed by atoms with Crippen molar-refractivity contribution in [2.75, 3.05) is 7.05 Å². The second-order valence-corrected chi connectivity index (χ2v) is 7.49. The van der Waals surface area contributed by atoms with Crippen LogP contribution >= 0.6 is 15.9 Å². The summed E-state index contributed by atoms with van der Waals surface area (Å²) in [6.07, 6.45) is 2.34. The van der Waals surface area contributed by atoms with Crippen molar-refractivity contribution in [3.8, 4) is 0 Å². The Morgan fingerprint density at radius 2 is 1.88 bits per heavy atom. The smallest absolute Gasteiger partial charge is 0.254 e. The lowest BCUT2D eigenvalue weighted by Crippen LogP contribution is -2.26. The van der Waals surface area contributed by atoms with Crippen LogP contribution in [0.25, 0.3) is 10.9 Å². The molecule has 126 valence electrons. The molecular weight excluding hydrogens is 376 g/mol. The molecule has 4 rings (SSSR count). The predicted octanol–water partition coefficient (Wildman–Crippen LogP) is 5.15. The molecule has 0 bridgehead atoms. The van der Waals surface area contributed by atoms with Gasteiger partial charge in [-0.15, -0.1) is 0 Å². The van der Waals surface area contributed by atoms with E-state index in [1.54, 1.807) is 4.90 Å². The predicted molar refractivity (Wildman–Crippen MR) is 104 cm³/mol. The number of carbonyl (C=O) groups is 1. The summed E-state index contributed by atoms with van der Waals surface area (Å²) in [6.45, 7) is 0.565. The van der Waals surface area contributed by atoms with Gasteiger partial charge in [0.05, 0.1) is 11.1 Å². The van der Waals surface area contributed by atoms with E-state index in [1.165, 1.54) is 12.8 Å². The molecule has 1 heterocycles. The number of pyridine rings is 1. The van der Waals surface area contributed by atoms with Gasteiger partial charge in [0.15, 0.2) is 0 Å². The third-order valence-electron chi connectivity index (χ3n) is 4.67. The van der Waals surface area contributed by atoms with E-state index in [-0.39, 0.29) is 5.91 Å². The maximum Gasteiger partial charge on any atom is 0.254 e. The Morgan fingerprint density at radius 1 is 1.16 bits per heavy atom. The molecule has 1 aromatic heterocycles. The van der Waals surface area contributed by atoms with Crippen LogP contribution in [0.2, 0.25) is 0 Å². The number of fused-ring (bicyclic) bond motifs is 1. The van der Waals surface area contributed by atoms with E-state index in [9.17, 15) is 4.79 Å². The summed E-state index contributed by atoms with van der Waals surface area (Å²) >= 11 is 3.56.